The Hall–Kier alpha value is -3.35. The van der Waals surface area contributed by atoms with Crippen LogP contribution in [0.2, 0.25) is 10.0 Å². The number of nitrogens with one attached hydrogen (secondary N) is 2. The molecule has 2 fully saturated rings. The number of carbonyl (C=O) groups is 2. The molecule has 0 bridgehead atoms. The van der Waals surface area contributed by atoms with E-state index in [2.05, 4.69) is 20.7 Å². The number of halogens is 5. The van der Waals surface area contributed by atoms with E-state index < -0.39 is 42.7 Å². The molecule has 14 heteroatoms. The van der Waals surface area contributed by atoms with Crippen LogP contribution in [-0.4, -0.2) is 58.1 Å². The first-order valence-corrected chi connectivity index (χ1v) is 12.7. The Balaban J connectivity index is 1.50. The number of nitrogens with zero attached hydrogens (tertiary/aromatic N) is 3. The van der Waals surface area contributed by atoms with Crippen LogP contribution in [0.25, 0.3) is 5.82 Å². The van der Waals surface area contributed by atoms with Gasteiger partial charge >= 0.3 is 6.18 Å². The number of amides is 2. The highest BCUT2D eigenvalue weighted by molar-refractivity contribution is 6.32. The Bertz CT molecular complexity index is 1440. The lowest BCUT2D eigenvalue weighted by atomic mass is 10.0. The summed E-state index contributed by atoms with van der Waals surface area (Å²) in [4.78, 5) is 30.6. The van der Waals surface area contributed by atoms with Gasteiger partial charge in [0.05, 0.1) is 29.5 Å². The number of anilines is 1. The molecule has 2 N–H and O–H groups in total. The Morgan fingerprint density at radius 3 is 2.56 bits per heavy atom. The van der Waals surface area contributed by atoms with E-state index >= 15 is 0 Å². The Labute approximate surface area is 230 Å². The summed E-state index contributed by atoms with van der Waals surface area (Å²) in [6.07, 6.45) is -1.30. The fourth-order valence-corrected chi connectivity index (χ4v) is 4.43. The predicted molar refractivity (Wildman–Crippen MR) is 136 cm³/mol. The molecule has 1 aliphatic carbocycles. The van der Waals surface area contributed by atoms with E-state index in [4.69, 9.17) is 32.7 Å². The van der Waals surface area contributed by atoms with Crippen LogP contribution in [0.1, 0.15) is 39.3 Å². The van der Waals surface area contributed by atoms with Gasteiger partial charge in [-0.15, -0.1) is 5.10 Å². The zero-order chi connectivity index (χ0) is 27.9. The molecule has 3 aromatic rings. The van der Waals surface area contributed by atoms with Crippen molar-refractivity contribution in [2.75, 3.05) is 25.1 Å². The number of pyridine rings is 1. The average molecular weight is 584 g/mol. The van der Waals surface area contributed by atoms with Crippen LogP contribution in [0.5, 0.6) is 5.88 Å². The molecule has 0 spiro atoms. The Kier molecular flexibility index (Phi) is 7.21. The fourth-order valence-electron chi connectivity index (χ4n) is 3.95. The Morgan fingerprint density at radius 2 is 1.95 bits per heavy atom. The molecule has 0 unspecified atom stereocenters. The summed E-state index contributed by atoms with van der Waals surface area (Å²) in [6.45, 7) is 0.704. The number of rotatable bonds is 8. The van der Waals surface area contributed by atoms with E-state index in [0.717, 1.165) is 23.6 Å². The minimum atomic E-state index is -4.75. The molecule has 2 amide bonds. The molecule has 0 atom stereocenters. The second-order valence-corrected chi connectivity index (χ2v) is 10.3. The maximum absolute atomic E-state index is 13.7. The smallest absolute Gasteiger partial charge is 0.432 e. The molecule has 3 heterocycles. The van der Waals surface area contributed by atoms with Gasteiger partial charge in [0.2, 0.25) is 5.88 Å². The largest absolute Gasteiger partial charge is 0.455 e. The van der Waals surface area contributed by atoms with E-state index in [0.29, 0.717) is 23.0 Å². The summed E-state index contributed by atoms with van der Waals surface area (Å²) in [5.41, 5.74) is -2.03. The van der Waals surface area contributed by atoms with Gasteiger partial charge in [0.1, 0.15) is 5.69 Å². The standard InChI is InChI=1S/C25H22Cl2F3N5O4/c1-13-7-15(26)8-16(22(36)32-10-14-4-5-14)20(13)33-23(37)18-9-19(39-24(11-38-12-24)25(28,29)30)34-35(18)21-17(27)3-2-6-31-21/h2-3,6-9,14H,4-5,10-12H2,1H3,(H,32,36)(H,33,37). The van der Waals surface area contributed by atoms with Gasteiger partial charge in [0, 0.05) is 23.8 Å². The topological polar surface area (TPSA) is 107 Å². The van der Waals surface area contributed by atoms with E-state index in [9.17, 15) is 22.8 Å². The molecule has 1 aliphatic heterocycles. The van der Waals surface area contributed by atoms with Crippen molar-refractivity contribution in [1.82, 2.24) is 20.1 Å². The maximum atomic E-state index is 13.7. The SMILES string of the molecule is Cc1cc(Cl)cc(C(=O)NCC2CC2)c1NC(=O)c1cc(OC2(C(F)(F)F)COC2)nn1-c1ncccc1Cl. The summed E-state index contributed by atoms with van der Waals surface area (Å²) in [5, 5.41) is 9.96. The van der Waals surface area contributed by atoms with Crippen molar-refractivity contribution in [3.63, 3.8) is 0 Å². The number of hydrogen-bond donors (Lipinski definition) is 2. The van der Waals surface area contributed by atoms with Crippen LogP contribution in [0.15, 0.2) is 36.5 Å². The number of ether oxygens (including phenoxy) is 2. The van der Waals surface area contributed by atoms with Gasteiger partial charge in [0.25, 0.3) is 17.4 Å². The van der Waals surface area contributed by atoms with Crippen LogP contribution in [0.4, 0.5) is 18.9 Å². The normalized spacial score (nSPS) is 16.4. The quantitative estimate of drug-likeness (QED) is 0.387. The maximum Gasteiger partial charge on any atom is 0.432 e. The highest BCUT2D eigenvalue weighted by Crippen LogP contribution is 2.40. The van der Waals surface area contributed by atoms with Crippen molar-refractivity contribution in [2.24, 2.45) is 5.92 Å². The highest BCUT2D eigenvalue weighted by Gasteiger charge is 2.63. The lowest BCUT2D eigenvalue weighted by Crippen LogP contribution is -2.64. The molecule has 2 aromatic heterocycles. The van der Waals surface area contributed by atoms with Crippen molar-refractivity contribution in [2.45, 2.75) is 31.5 Å². The van der Waals surface area contributed by atoms with Crippen molar-refractivity contribution in [3.8, 4) is 11.7 Å². The molecular weight excluding hydrogens is 562 g/mol. The first-order chi connectivity index (χ1) is 18.5. The molecule has 9 nitrogen and oxygen atoms in total. The zero-order valence-corrected chi connectivity index (χ0v) is 22.0. The number of aromatic nitrogens is 3. The number of aryl methyl sites for hydroxylation is 1. The molecule has 0 radical (unpaired) electrons. The summed E-state index contributed by atoms with van der Waals surface area (Å²) in [5.74, 6) is -1.31. The molecule has 1 aromatic carbocycles. The molecule has 206 valence electrons. The molecular formula is C25H22Cl2F3N5O4. The lowest BCUT2D eigenvalue weighted by Gasteiger charge is -2.41. The van der Waals surface area contributed by atoms with Crippen LogP contribution >= 0.6 is 23.2 Å². The third-order valence-electron chi connectivity index (χ3n) is 6.38. The summed E-state index contributed by atoms with van der Waals surface area (Å²) >= 11 is 12.5. The van der Waals surface area contributed by atoms with E-state index in [1.807, 2.05) is 0 Å². The first kappa shape index (κ1) is 27.2. The molecule has 5 rings (SSSR count). The third-order valence-corrected chi connectivity index (χ3v) is 6.89. The van der Waals surface area contributed by atoms with Crippen molar-refractivity contribution in [1.29, 1.82) is 0 Å². The van der Waals surface area contributed by atoms with E-state index in [1.165, 1.54) is 18.3 Å². The van der Waals surface area contributed by atoms with E-state index in [-0.39, 0.29) is 27.8 Å². The third kappa shape index (κ3) is 5.54. The van der Waals surface area contributed by atoms with Crippen LogP contribution in [0, 0.1) is 12.8 Å². The van der Waals surface area contributed by atoms with Crippen LogP contribution in [0.3, 0.4) is 0 Å². The van der Waals surface area contributed by atoms with Gasteiger partial charge in [-0.3, -0.25) is 9.59 Å². The number of alkyl halides is 3. The number of carbonyl (C=O) groups excluding carboxylic acids is 2. The van der Waals surface area contributed by atoms with Gasteiger partial charge in [-0.2, -0.15) is 13.2 Å². The van der Waals surface area contributed by atoms with Gasteiger partial charge < -0.3 is 20.1 Å². The summed E-state index contributed by atoms with van der Waals surface area (Å²) in [6, 6.07) is 7.07. The molecule has 1 saturated heterocycles. The summed E-state index contributed by atoms with van der Waals surface area (Å²) in [7, 11) is 0. The fraction of sp³-hybridized carbons (Fsp3) is 0.360. The van der Waals surface area contributed by atoms with Crippen molar-refractivity contribution < 1.29 is 32.2 Å². The summed E-state index contributed by atoms with van der Waals surface area (Å²) < 4.78 is 52.1. The van der Waals surface area contributed by atoms with Gasteiger partial charge in [-0.1, -0.05) is 23.2 Å². The zero-order valence-electron chi connectivity index (χ0n) is 20.4. The number of benzene rings is 1. The van der Waals surface area contributed by atoms with Crippen molar-refractivity contribution >= 4 is 40.7 Å². The predicted octanol–water partition coefficient (Wildman–Crippen LogP) is 4.98. The first-order valence-electron chi connectivity index (χ1n) is 11.9. The highest BCUT2D eigenvalue weighted by atomic mass is 35.5. The van der Waals surface area contributed by atoms with Gasteiger partial charge in [0.15, 0.2) is 5.82 Å². The minimum absolute atomic E-state index is 0.0136. The second-order valence-electron chi connectivity index (χ2n) is 9.43. The van der Waals surface area contributed by atoms with E-state index in [1.54, 1.807) is 19.1 Å². The van der Waals surface area contributed by atoms with Gasteiger partial charge in [-0.25, -0.2) is 9.67 Å². The molecule has 1 saturated carbocycles. The lowest BCUT2D eigenvalue weighted by molar-refractivity contribution is -0.323. The van der Waals surface area contributed by atoms with Crippen LogP contribution in [-0.2, 0) is 4.74 Å². The Morgan fingerprint density at radius 1 is 1.21 bits per heavy atom. The minimum Gasteiger partial charge on any atom is -0.455 e. The van der Waals surface area contributed by atoms with Crippen molar-refractivity contribution in [3.05, 3.63) is 63.4 Å². The molecule has 2 aliphatic rings. The molecule has 39 heavy (non-hydrogen) atoms. The average Bonchev–Trinajstić information content (AvgIpc) is 3.58. The second kappa shape index (κ2) is 10.3. The van der Waals surface area contributed by atoms with Gasteiger partial charge in [-0.05, 0) is 55.5 Å². The van der Waals surface area contributed by atoms with Crippen LogP contribution < -0.4 is 15.4 Å². The number of hydrogen-bond acceptors (Lipinski definition) is 6. The monoisotopic (exact) mass is 583 g/mol.